The Hall–Kier alpha value is -3.07. The van der Waals surface area contributed by atoms with Gasteiger partial charge in [0.05, 0.1) is 36.1 Å². The Morgan fingerprint density at radius 1 is 1.09 bits per heavy atom. The maximum Gasteiger partial charge on any atom is 0.416 e. The van der Waals surface area contributed by atoms with E-state index in [0.29, 0.717) is 38.5 Å². The van der Waals surface area contributed by atoms with Crippen LogP contribution in [0, 0.1) is 5.92 Å². The Bertz CT molecular complexity index is 975. The van der Waals surface area contributed by atoms with Gasteiger partial charge in [-0.1, -0.05) is 30.3 Å². The molecular weight excluding hydrogens is 423 g/mol. The lowest BCUT2D eigenvalue weighted by Crippen LogP contribution is -2.37. The van der Waals surface area contributed by atoms with E-state index in [1.165, 1.54) is 6.07 Å². The van der Waals surface area contributed by atoms with Crippen molar-refractivity contribution in [2.75, 3.05) is 43.1 Å². The molecule has 1 N–H and O–H groups in total. The predicted molar refractivity (Wildman–Crippen MR) is 113 cm³/mol. The highest BCUT2D eigenvalue weighted by Gasteiger charge is 2.36. The Balaban J connectivity index is 1.50. The first kappa shape index (κ1) is 22.1. The van der Waals surface area contributed by atoms with Gasteiger partial charge in [0.25, 0.3) is 0 Å². The molecule has 2 amide bonds. The van der Waals surface area contributed by atoms with E-state index in [0.717, 1.165) is 17.7 Å². The van der Waals surface area contributed by atoms with Gasteiger partial charge in [0.15, 0.2) is 0 Å². The number of benzene rings is 2. The van der Waals surface area contributed by atoms with Crippen LogP contribution in [0.3, 0.4) is 0 Å². The van der Waals surface area contributed by atoms with Gasteiger partial charge in [-0.15, -0.1) is 0 Å². The van der Waals surface area contributed by atoms with Gasteiger partial charge >= 0.3 is 6.18 Å². The van der Waals surface area contributed by atoms with Crippen LogP contribution in [0.15, 0.2) is 48.5 Å². The van der Waals surface area contributed by atoms with Crippen molar-refractivity contribution >= 4 is 23.2 Å². The minimum atomic E-state index is -4.53. The molecule has 1 atom stereocenters. The Kier molecular flexibility index (Phi) is 6.36. The number of hydrogen-bond donors (Lipinski definition) is 1. The van der Waals surface area contributed by atoms with Crippen LogP contribution in [0.4, 0.5) is 24.5 Å². The van der Waals surface area contributed by atoms with E-state index in [1.54, 1.807) is 4.90 Å². The van der Waals surface area contributed by atoms with E-state index in [2.05, 4.69) is 5.32 Å². The number of hydrogen-bond acceptors (Lipinski definition) is 4. The van der Waals surface area contributed by atoms with Crippen LogP contribution in [-0.4, -0.2) is 49.6 Å². The van der Waals surface area contributed by atoms with Crippen LogP contribution in [0.1, 0.15) is 17.5 Å². The van der Waals surface area contributed by atoms with Gasteiger partial charge in [-0.3, -0.25) is 9.59 Å². The molecule has 6 nitrogen and oxygen atoms in total. The molecule has 9 heteroatoms. The molecule has 0 bridgehead atoms. The third kappa shape index (κ3) is 5.04. The molecule has 0 spiro atoms. The zero-order chi connectivity index (χ0) is 22.7. The minimum absolute atomic E-state index is 0.0323. The van der Waals surface area contributed by atoms with Crippen molar-refractivity contribution < 1.29 is 27.5 Å². The molecule has 4 rings (SSSR count). The van der Waals surface area contributed by atoms with Crippen molar-refractivity contribution in [3.05, 3.63) is 59.7 Å². The highest BCUT2D eigenvalue weighted by Crippen LogP contribution is 2.36. The summed E-state index contributed by atoms with van der Waals surface area (Å²) in [6.45, 7) is 2.57. The molecule has 0 saturated carbocycles. The fourth-order valence-electron chi connectivity index (χ4n) is 4.03. The normalized spacial score (nSPS) is 19.3. The summed E-state index contributed by atoms with van der Waals surface area (Å²) in [7, 11) is 0. The number of alkyl halides is 3. The Labute approximate surface area is 183 Å². The van der Waals surface area contributed by atoms with Crippen molar-refractivity contribution in [2.45, 2.75) is 19.1 Å². The number of morpholine rings is 1. The lowest BCUT2D eigenvalue weighted by Gasteiger charge is -2.31. The summed E-state index contributed by atoms with van der Waals surface area (Å²) in [4.78, 5) is 28.9. The number of nitrogens with one attached hydrogen (secondary N) is 1. The first-order valence-electron chi connectivity index (χ1n) is 10.5. The lowest BCUT2D eigenvalue weighted by atomic mass is 10.1. The minimum Gasteiger partial charge on any atom is -0.378 e. The molecule has 2 aromatic rings. The number of likely N-dealkylation sites (tertiary alicyclic amines) is 1. The smallest absolute Gasteiger partial charge is 0.378 e. The summed E-state index contributed by atoms with van der Waals surface area (Å²) in [6.07, 6.45) is -4.50. The number of rotatable bonds is 5. The number of carbonyl (C=O) groups excluding carboxylic acids is 2. The number of halogens is 3. The first-order valence-corrected chi connectivity index (χ1v) is 10.5. The summed E-state index contributed by atoms with van der Waals surface area (Å²) in [5, 5.41) is 2.67. The van der Waals surface area contributed by atoms with E-state index >= 15 is 0 Å². The maximum absolute atomic E-state index is 13.3. The molecule has 2 saturated heterocycles. The molecule has 2 aliphatic heterocycles. The second-order valence-corrected chi connectivity index (χ2v) is 7.98. The third-order valence-electron chi connectivity index (χ3n) is 5.74. The monoisotopic (exact) mass is 447 g/mol. The highest BCUT2D eigenvalue weighted by molar-refractivity contribution is 5.99. The van der Waals surface area contributed by atoms with Gasteiger partial charge in [0, 0.05) is 32.6 Å². The largest absolute Gasteiger partial charge is 0.416 e. The highest BCUT2D eigenvalue weighted by atomic mass is 19.4. The summed E-state index contributed by atoms with van der Waals surface area (Å²) >= 11 is 0. The number of anilines is 2. The molecule has 2 fully saturated rings. The molecule has 32 heavy (non-hydrogen) atoms. The van der Waals surface area contributed by atoms with Crippen LogP contribution in [0.25, 0.3) is 0 Å². The van der Waals surface area contributed by atoms with Crippen molar-refractivity contribution in [1.29, 1.82) is 0 Å². The molecular formula is C23H24F3N3O3. The van der Waals surface area contributed by atoms with Gasteiger partial charge in [-0.2, -0.15) is 13.2 Å². The van der Waals surface area contributed by atoms with E-state index in [1.807, 2.05) is 35.2 Å². The molecule has 2 aromatic carbocycles. The second kappa shape index (κ2) is 9.20. The standard InChI is InChI=1S/C23H24F3N3O3/c24-23(25,26)18-6-7-20(28-8-10-32-11-9-28)19(13-18)27-22(31)17-12-21(30)29(15-17)14-16-4-2-1-3-5-16/h1-7,13,17H,8-12,14-15H2,(H,27,31). The summed E-state index contributed by atoms with van der Waals surface area (Å²) in [6, 6.07) is 12.8. The quantitative estimate of drug-likeness (QED) is 0.762. The van der Waals surface area contributed by atoms with Crippen LogP contribution < -0.4 is 10.2 Å². The Morgan fingerprint density at radius 2 is 1.81 bits per heavy atom. The molecule has 1 unspecified atom stereocenters. The molecule has 0 aliphatic carbocycles. The van der Waals surface area contributed by atoms with Crippen LogP contribution in [-0.2, 0) is 27.0 Å². The average molecular weight is 447 g/mol. The van der Waals surface area contributed by atoms with Gasteiger partial charge in [-0.05, 0) is 23.8 Å². The van der Waals surface area contributed by atoms with Gasteiger partial charge in [0.1, 0.15) is 0 Å². The number of amides is 2. The topological polar surface area (TPSA) is 61.9 Å². The van der Waals surface area contributed by atoms with Gasteiger partial charge in [0.2, 0.25) is 11.8 Å². The average Bonchev–Trinajstić information content (AvgIpc) is 3.15. The SMILES string of the molecule is O=C(Nc1cc(C(F)(F)F)ccc1N1CCOCC1)C1CC(=O)N(Cc2ccccc2)C1. The summed E-state index contributed by atoms with van der Waals surface area (Å²) in [5.41, 5.74) is 0.730. The number of nitrogens with zero attached hydrogens (tertiary/aromatic N) is 2. The summed E-state index contributed by atoms with van der Waals surface area (Å²) < 4.78 is 45.2. The van der Waals surface area contributed by atoms with Crippen LogP contribution in [0.5, 0.6) is 0 Å². The fraction of sp³-hybridized carbons (Fsp3) is 0.391. The third-order valence-corrected chi connectivity index (χ3v) is 5.74. The van der Waals surface area contributed by atoms with Crippen LogP contribution >= 0.6 is 0 Å². The first-order chi connectivity index (χ1) is 15.3. The molecule has 2 heterocycles. The molecule has 2 aliphatic rings. The fourth-order valence-corrected chi connectivity index (χ4v) is 4.03. The van der Waals surface area contributed by atoms with Crippen molar-refractivity contribution in [2.24, 2.45) is 5.92 Å². The van der Waals surface area contributed by atoms with E-state index in [-0.39, 0.29) is 24.6 Å². The van der Waals surface area contributed by atoms with E-state index < -0.39 is 23.6 Å². The van der Waals surface area contributed by atoms with Crippen molar-refractivity contribution in [3.8, 4) is 0 Å². The van der Waals surface area contributed by atoms with E-state index in [9.17, 15) is 22.8 Å². The van der Waals surface area contributed by atoms with Crippen molar-refractivity contribution in [3.63, 3.8) is 0 Å². The zero-order valence-corrected chi connectivity index (χ0v) is 17.4. The van der Waals surface area contributed by atoms with E-state index in [4.69, 9.17) is 4.74 Å². The molecule has 170 valence electrons. The number of carbonyl (C=O) groups is 2. The predicted octanol–water partition coefficient (Wildman–Crippen LogP) is 3.53. The number of ether oxygens (including phenoxy) is 1. The van der Waals surface area contributed by atoms with Crippen molar-refractivity contribution in [1.82, 2.24) is 4.90 Å². The van der Waals surface area contributed by atoms with Crippen LogP contribution in [0.2, 0.25) is 0 Å². The maximum atomic E-state index is 13.3. The molecule has 0 radical (unpaired) electrons. The summed E-state index contributed by atoms with van der Waals surface area (Å²) in [5.74, 6) is -1.23. The lowest BCUT2D eigenvalue weighted by molar-refractivity contribution is -0.137. The van der Waals surface area contributed by atoms with Gasteiger partial charge < -0.3 is 19.9 Å². The molecule has 0 aromatic heterocycles. The van der Waals surface area contributed by atoms with Gasteiger partial charge in [-0.25, -0.2) is 0 Å². The zero-order valence-electron chi connectivity index (χ0n) is 17.4. The second-order valence-electron chi connectivity index (χ2n) is 7.98. The Morgan fingerprint density at radius 3 is 2.50 bits per heavy atom.